The van der Waals surface area contributed by atoms with Gasteiger partial charge in [-0.05, 0) is 86.0 Å². The third-order valence-electron chi connectivity index (χ3n) is 11.6. The van der Waals surface area contributed by atoms with Crippen LogP contribution in [0.5, 0.6) is 0 Å². The highest BCUT2D eigenvalue weighted by molar-refractivity contribution is 6.18. The van der Waals surface area contributed by atoms with Gasteiger partial charge in [-0.2, -0.15) is 0 Å². The molecule has 0 fully saturated rings. The van der Waals surface area contributed by atoms with Crippen molar-refractivity contribution >= 4 is 27.7 Å². The zero-order chi connectivity index (χ0) is 39.1. The Balaban J connectivity index is 1.05. The van der Waals surface area contributed by atoms with Gasteiger partial charge in [0.05, 0.1) is 6.04 Å². The molecular formula is C55H38N4. The van der Waals surface area contributed by atoms with Gasteiger partial charge in [0.2, 0.25) is 0 Å². The van der Waals surface area contributed by atoms with Gasteiger partial charge in [0.1, 0.15) is 0 Å². The summed E-state index contributed by atoms with van der Waals surface area (Å²) in [4.78, 5) is 17.5. The van der Waals surface area contributed by atoms with Crippen molar-refractivity contribution < 1.29 is 0 Å². The number of hydrogen-bond donors (Lipinski definition) is 0. The van der Waals surface area contributed by atoms with E-state index in [0.29, 0.717) is 17.5 Å². The number of hydrogen-bond acceptors (Lipinski definition) is 4. The fourth-order valence-electron chi connectivity index (χ4n) is 8.77. The van der Waals surface area contributed by atoms with Crippen LogP contribution in [0.4, 0.5) is 11.4 Å². The fraction of sp³-hybridized carbons (Fsp3) is 0.0364. The second-order valence-electron chi connectivity index (χ2n) is 15.1. The van der Waals surface area contributed by atoms with Crippen LogP contribution in [0.1, 0.15) is 12.0 Å². The van der Waals surface area contributed by atoms with Crippen LogP contribution in [-0.4, -0.2) is 21.0 Å². The smallest absolute Gasteiger partial charge is 0.164 e. The van der Waals surface area contributed by atoms with Crippen molar-refractivity contribution in [2.75, 3.05) is 4.90 Å². The summed E-state index contributed by atoms with van der Waals surface area (Å²) in [5, 5.41) is 2.57. The number of fused-ring (bicyclic) bond motifs is 3. The van der Waals surface area contributed by atoms with Gasteiger partial charge in [0.25, 0.3) is 0 Å². The quantitative estimate of drug-likeness (QED) is 0.155. The topological polar surface area (TPSA) is 41.9 Å². The van der Waals surface area contributed by atoms with Crippen LogP contribution < -0.4 is 4.90 Å². The monoisotopic (exact) mass is 754 g/mol. The number of para-hydroxylation sites is 1. The molecule has 0 amide bonds. The highest BCUT2D eigenvalue weighted by Gasteiger charge is 2.29. The predicted molar refractivity (Wildman–Crippen MR) is 244 cm³/mol. The second-order valence-corrected chi connectivity index (χ2v) is 15.1. The molecule has 0 radical (unpaired) electrons. The Labute approximate surface area is 344 Å². The first kappa shape index (κ1) is 34.5. The van der Waals surface area contributed by atoms with Crippen molar-refractivity contribution in [2.45, 2.75) is 12.5 Å². The molecule has 278 valence electrons. The maximum atomic E-state index is 5.02. The van der Waals surface area contributed by atoms with E-state index in [1.165, 1.54) is 49.7 Å². The summed E-state index contributed by atoms with van der Waals surface area (Å²) in [6.07, 6.45) is 7.92. The molecule has 1 unspecified atom stereocenters. The van der Waals surface area contributed by atoms with Crippen molar-refractivity contribution in [3.63, 3.8) is 0 Å². The lowest BCUT2D eigenvalue weighted by Gasteiger charge is -2.34. The third-order valence-corrected chi connectivity index (χ3v) is 11.6. The second kappa shape index (κ2) is 14.7. The summed E-state index contributed by atoms with van der Waals surface area (Å²) < 4.78 is 0. The van der Waals surface area contributed by atoms with Gasteiger partial charge in [-0.15, -0.1) is 0 Å². The van der Waals surface area contributed by atoms with Crippen molar-refractivity contribution in [3.05, 3.63) is 218 Å². The van der Waals surface area contributed by atoms with Gasteiger partial charge in [0.15, 0.2) is 17.5 Å². The van der Waals surface area contributed by atoms with Crippen molar-refractivity contribution in [1.82, 2.24) is 15.0 Å². The van der Waals surface area contributed by atoms with E-state index in [1.807, 2.05) is 60.7 Å². The molecule has 1 heterocycles. The first-order valence-electron chi connectivity index (χ1n) is 20.2. The summed E-state index contributed by atoms with van der Waals surface area (Å²) in [7, 11) is 0. The molecule has 2 aliphatic rings. The Morgan fingerprint density at radius 1 is 0.407 bits per heavy atom. The summed E-state index contributed by atoms with van der Waals surface area (Å²) in [5.41, 5.74) is 15.1. The molecule has 8 aromatic carbocycles. The first-order valence-corrected chi connectivity index (χ1v) is 20.2. The van der Waals surface area contributed by atoms with Gasteiger partial charge in [-0.3, -0.25) is 0 Å². The molecule has 0 N–H and O–H groups in total. The first-order chi connectivity index (χ1) is 29.2. The summed E-state index contributed by atoms with van der Waals surface area (Å²) in [6, 6.07) is 68.9. The minimum atomic E-state index is 0.124. The lowest BCUT2D eigenvalue weighted by molar-refractivity contribution is 0.787. The zero-order valence-electron chi connectivity index (χ0n) is 32.3. The summed E-state index contributed by atoms with van der Waals surface area (Å²) in [6.45, 7) is 0. The molecular weight excluding hydrogens is 717 g/mol. The van der Waals surface area contributed by atoms with Gasteiger partial charge in [-0.1, -0.05) is 188 Å². The van der Waals surface area contributed by atoms with Crippen molar-refractivity contribution in [3.8, 4) is 67.5 Å². The molecule has 4 heteroatoms. The molecule has 4 nitrogen and oxygen atoms in total. The Morgan fingerprint density at radius 2 is 0.915 bits per heavy atom. The minimum Gasteiger partial charge on any atom is -0.334 e. The normalized spacial score (nSPS) is 13.9. The average molecular weight is 755 g/mol. The standard InChI is InChI=1S/C55H38N4/c1-5-15-37(16-6-1)38-31-33-45(34-32-38)59(44-23-11-4-12-24-44)46-35-49(52-48-26-14-22-40-21-13-25-47(51(40)48)50(52)36-46)39-27-29-43(30-28-39)55-57-53(41-17-7-2-8-18-41)56-54(58-55)42-19-9-3-10-20-42/h1-33,35-36,45H,34H2. The van der Waals surface area contributed by atoms with E-state index in [-0.39, 0.29) is 6.04 Å². The Kier molecular flexibility index (Phi) is 8.59. The number of anilines is 2. The van der Waals surface area contributed by atoms with Gasteiger partial charge in [-0.25, -0.2) is 15.0 Å². The minimum absolute atomic E-state index is 0.124. The lowest BCUT2D eigenvalue weighted by atomic mass is 9.90. The van der Waals surface area contributed by atoms with Crippen LogP contribution >= 0.6 is 0 Å². The molecule has 0 saturated carbocycles. The van der Waals surface area contributed by atoms with Crippen LogP contribution in [0.2, 0.25) is 0 Å². The van der Waals surface area contributed by atoms with E-state index in [2.05, 4.69) is 157 Å². The fourth-order valence-corrected chi connectivity index (χ4v) is 8.77. The molecule has 59 heavy (non-hydrogen) atoms. The SMILES string of the molecule is C1=CC(N(c2ccccc2)c2cc(-c3ccc(-c4nc(-c5ccccc5)nc(-c5ccccc5)n4)cc3)c3c(c2)-c2cccc4cccc-3c24)CC=C1c1ccccc1. The van der Waals surface area contributed by atoms with Crippen molar-refractivity contribution in [1.29, 1.82) is 0 Å². The van der Waals surface area contributed by atoms with E-state index in [0.717, 1.165) is 40.0 Å². The number of benzene rings is 8. The van der Waals surface area contributed by atoms with Crippen LogP contribution in [0.15, 0.2) is 212 Å². The molecule has 1 atom stereocenters. The molecule has 0 spiro atoms. The molecule has 0 saturated heterocycles. The number of aromatic nitrogens is 3. The number of nitrogens with zero attached hydrogens (tertiary/aromatic N) is 4. The Hall–Kier alpha value is -7.69. The van der Waals surface area contributed by atoms with Crippen LogP contribution in [0.3, 0.4) is 0 Å². The van der Waals surface area contributed by atoms with Crippen LogP contribution in [0.25, 0.3) is 83.9 Å². The Morgan fingerprint density at radius 3 is 1.49 bits per heavy atom. The molecule has 2 aliphatic carbocycles. The maximum absolute atomic E-state index is 5.02. The molecule has 0 aliphatic heterocycles. The average Bonchev–Trinajstić information content (AvgIpc) is 3.65. The highest BCUT2D eigenvalue weighted by Crippen LogP contribution is 2.53. The van der Waals surface area contributed by atoms with E-state index in [1.54, 1.807) is 0 Å². The van der Waals surface area contributed by atoms with Gasteiger partial charge < -0.3 is 4.90 Å². The maximum Gasteiger partial charge on any atom is 0.164 e. The van der Waals surface area contributed by atoms with Crippen LogP contribution in [0, 0.1) is 0 Å². The Bertz CT molecular complexity index is 2980. The van der Waals surface area contributed by atoms with Crippen LogP contribution in [-0.2, 0) is 0 Å². The van der Waals surface area contributed by atoms with E-state index >= 15 is 0 Å². The van der Waals surface area contributed by atoms with Gasteiger partial charge >= 0.3 is 0 Å². The van der Waals surface area contributed by atoms with E-state index in [9.17, 15) is 0 Å². The largest absolute Gasteiger partial charge is 0.334 e. The van der Waals surface area contributed by atoms with E-state index < -0.39 is 0 Å². The summed E-state index contributed by atoms with van der Waals surface area (Å²) in [5.74, 6) is 1.94. The molecule has 0 bridgehead atoms. The van der Waals surface area contributed by atoms with E-state index in [4.69, 9.17) is 15.0 Å². The molecule has 11 rings (SSSR count). The third kappa shape index (κ3) is 6.32. The van der Waals surface area contributed by atoms with Gasteiger partial charge in [0, 0.05) is 28.1 Å². The van der Waals surface area contributed by atoms with Crippen molar-refractivity contribution in [2.24, 2.45) is 0 Å². The summed E-state index contributed by atoms with van der Waals surface area (Å²) >= 11 is 0. The predicted octanol–water partition coefficient (Wildman–Crippen LogP) is 13.9. The molecule has 1 aromatic heterocycles. The number of rotatable bonds is 8. The highest BCUT2D eigenvalue weighted by atomic mass is 15.2. The number of allylic oxidation sites excluding steroid dienone is 2. The zero-order valence-corrected chi connectivity index (χ0v) is 32.3. The molecule has 9 aromatic rings. The lowest BCUT2D eigenvalue weighted by Crippen LogP contribution is -2.30.